The molecule has 0 aliphatic carbocycles. The Kier molecular flexibility index (Phi) is 6.59. The highest BCUT2D eigenvalue weighted by Gasteiger charge is 2.23. The van der Waals surface area contributed by atoms with Gasteiger partial charge in [-0.15, -0.1) is 11.3 Å². The van der Waals surface area contributed by atoms with E-state index >= 15 is 0 Å². The normalized spacial score (nSPS) is 15.0. The van der Waals surface area contributed by atoms with Crippen molar-refractivity contribution in [2.75, 3.05) is 36.4 Å². The molecule has 0 bridgehead atoms. The fraction of sp³-hybridized carbons (Fsp3) is 0.350. The van der Waals surface area contributed by atoms with E-state index in [1.807, 2.05) is 53.8 Å². The number of carbonyl (C=O) groups is 1. The molecule has 3 rings (SSSR count). The van der Waals surface area contributed by atoms with Crippen LogP contribution >= 0.6 is 11.3 Å². The minimum absolute atomic E-state index is 0.0929. The maximum absolute atomic E-state index is 12.5. The van der Waals surface area contributed by atoms with Gasteiger partial charge in [-0.1, -0.05) is 31.2 Å². The van der Waals surface area contributed by atoms with Gasteiger partial charge in [0.05, 0.1) is 5.69 Å². The van der Waals surface area contributed by atoms with Crippen LogP contribution in [0.1, 0.15) is 25.1 Å². The molecule has 0 unspecified atom stereocenters. The van der Waals surface area contributed by atoms with Crippen LogP contribution in [0.5, 0.6) is 0 Å². The number of urea groups is 1. The fourth-order valence-corrected chi connectivity index (χ4v) is 3.64. The third-order valence-corrected chi connectivity index (χ3v) is 5.20. The predicted molar refractivity (Wildman–Crippen MR) is 112 cm³/mol. The highest BCUT2D eigenvalue weighted by atomic mass is 32.1. The number of piperazine rings is 1. The molecule has 0 spiro atoms. The Labute approximate surface area is 164 Å². The van der Waals surface area contributed by atoms with E-state index < -0.39 is 0 Å². The van der Waals surface area contributed by atoms with Crippen LogP contribution in [0.3, 0.4) is 0 Å². The van der Waals surface area contributed by atoms with E-state index in [0.717, 1.165) is 31.0 Å². The smallest absolute Gasteiger partial charge is 0.323 e. The van der Waals surface area contributed by atoms with Crippen molar-refractivity contribution in [3.05, 3.63) is 53.2 Å². The van der Waals surface area contributed by atoms with Gasteiger partial charge in [0.2, 0.25) is 0 Å². The number of hydrogen-bond acceptors (Lipinski definition) is 5. The predicted octanol–water partition coefficient (Wildman–Crippen LogP) is 4.04. The molecule has 2 aromatic heterocycles. The number of anilines is 2. The summed E-state index contributed by atoms with van der Waals surface area (Å²) >= 11 is 1.44. The van der Waals surface area contributed by atoms with Crippen LogP contribution in [0, 0.1) is 0 Å². The lowest BCUT2D eigenvalue weighted by Gasteiger charge is -2.35. The Morgan fingerprint density at radius 2 is 2.11 bits per heavy atom. The number of nitrogens with zero attached hydrogens (tertiary/aromatic N) is 4. The van der Waals surface area contributed by atoms with Gasteiger partial charge in [0, 0.05) is 37.8 Å². The van der Waals surface area contributed by atoms with Crippen molar-refractivity contribution >= 4 is 34.4 Å². The zero-order chi connectivity index (χ0) is 19.1. The second-order valence-electron chi connectivity index (χ2n) is 6.21. The van der Waals surface area contributed by atoms with Crippen molar-refractivity contribution in [2.24, 2.45) is 0 Å². The third kappa shape index (κ3) is 4.95. The molecule has 1 fully saturated rings. The Bertz CT molecular complexity index is 821. The molecule has 7 heteroatoms. The molecular formula is C20H25N5OS. The molecule has 0 saturated carbocycles. The van der Waals surface area contributed by atoms with Gasteiger partial charge in [0.1, 0.15) is 5.82 Å². The second-order valence-corrected chi connectivity index (χ2v) is 7.06. The lowest BCUT2D eigenvalue weighted by molar-refractivity contribution is 0.208. The van der Waals surface area contributed by atoms with Crippen molar-refractivity contribution in [1.82, 2.24) is 14.9 Å². The standard InChI is InChI=1S/C20H25N5OS/c1-3-5-6-9-17-15-27-19(22-17)23-20(26)25-13-11-24(12-14-25)18-16(4-2)8-7-10-21-18/h3,5-10,15H,4,11-14H2,1-2H3,(H,22,23,26)/b5-3-,9-6-. The van der Waals surface area contributed by atoms with Crippen LogP contribution in [0.2, 0.25) is 0 Å². The summed E-state index contributed by atoms with van der Waals surface area (Å²) < 4.78 is 0. The second kappa shape index (κ2) is 9.32. The third-order valence-electron chi connectivity index (χ3n) is 4.42. The van der Waals surface area contributed by atoms with Crippen LogP contribution < -0.4 is 10.2 Å². The Morgan fingerprint density at radius 1 is 1.30 bits per heavy atom. The van der Waals surface area contributed by atoms with Crippen molar-refractivity contribution in [2.45, 2.75) is 20.3 Å². The van der Waals surface area contributed by atoms with E-state index in [1.165, 1.54) is 16.9 Å². The number of aryl methyl sites for hydroxylation is 1. The first-order chi connectivity index (χ1) is 13.2. The van der Waals surface area contributed by atoms with Crippen molar-refractivity contribution < 1.29 is 4.79 Å². The molecule has 27 heavy (non-hydrogen) atoms. The summed E-state index contributed by atoms with van der Waals surface area (Å²) in [5, 5.41) is 5.46. The van der Waals surface area contributed by atoms with Gasteiger partial charge >= 0.3 is 6.03 Å². The van der Waals surface area contributed by atoms with E-state index in [-0.39, 0.29) is 6.03 Å². The molecule has 3 heterocycles. The van der Waals surface area contributed by atoms with E-state index in [2.05, 4.69) is 33.2 Å². The number of pyridine rings is 1. The summed E-state index contributed by atoms with van der Waals surface area (Å²) in [5.74, 6) is 1.04. The fourth-order valence-electron chi connectivity index (χ4n) is 2.97. The van der Waals surface area contributed by atoms with Gasteiger partial charge in [-0.25, -0.2) is 14.8 Å². The molecule has 1 aliphatic rings. The lowest BCUT2D eigenvalue weighted by atomic mass is 10.2. The van der Waals surface area contributed by atoms with Crippen LogP contribution in [0.25, 0.3) is 6.08 Å². The number of nitrogens with one attached hydrogen (secondary N) is 1. The summed E-state index contributed by atoms with van der Waals surface area (Å²) in [7, 11) is 0. The summed E-state index contributed by atoms with van der Waals surface area (Å²) in [6, 6.07) is 4.00. The molecule has 0 radical (unpaired) electrons. The van der Waals surface area contributed by atoms with E-state index in [9.17, 15) is 4.79 Å². The average molecular weight is 384 g/mol. The minimum Gasteiger partial charge on any atom is -0.353 e. The zero-order valence-corrected chi connectivity index (χ0v) is 16.6. The Hall–Kier alpha value is -2.67. The molecule has 1 saturated heterocycles. The van der Waals surface area contributed by atoms with Crippen molar-refractivity contribution in [3.63, 3.8) is 0 Å². The first-order valence-electron chi connectivity index (χ1n) is 9.21. The van der Waals surface area contributed by atoms with E-state index in [0.29, 0.717) is 18.2 Å². The number of allylic oxidation sites excluding steroid dienone is 3. The molecule has 6 nitrogen and oxygen atoms in total. The van der Waals surface area contributed by atoms with Crippen molar-refractivity contribution in [3.8, 4) is 0 Å². The molecule has 2 aromatic rings. The lowest BCUT2D eigenvalue weighted by Crippen LogP contribution is -2.50. The number of aromatic nitrogens is 2. The molecule has 142 valence electrons. The SMILES string of the molecule is C/C=C\C=C/c1csc(NC(=O)N2CCN(c3ncccc3CC)CC2)n1. The molecule has 1 aliphatic heterocycles. The summed E-state index contributed by atoms with van der Waals surface area (Å²) in [5.41, 5.74) is 2.09. The largest absolute Gasteiger partial charge is 0.353 e. The molecular weight excluding hydrogens is 358 g/mol. The Balaban J connectivity index is 1.54. The quantitative estimate of drug-likeness (QED) is 0.792. The zero-order valence-electron chi connectivity index (χ0n) is 15.8. The van der Waals surface area contributed by atoms with Gasteiger partial charge in [0.25, 0.3) is 0 Å². The first kappa shape index (κ1) is 19.1. The number of thiazole rings is 1. The summed E-state index contributed by atoms with van der Waals surface area (Å²) in [6.07, 6.45) is 10.5. The average Bonchev–Trinajstić information content (AvgIpc) is 3.15. The molecule has 0 atom stereocenters. The minimum atomic E-state index is -0.0929. The first-order valence-corrected chi connectivity index (χ1v) is 10.1. The van der Waals surface area contributed by atoms with Gasteiger partial charge < -0.3 is 9.80 Å². The van der Waals surface area contributed by atoms with Gasteiger partial charge in [-0.2, -0.15) is 0 Å². The highest BCUT2D eigenvalue weighted by Crippen LogP contribution is 2.21. The van der Waals surface area contributed by atoms with Gasteiger partial charge in [-0.05, 0) is 31.1 Å². The van der Waals surface area contributed by atoms with Crippen LogP contribution in [-0.2, 0) is 6.42 Å². The number of carbonyl (C=O) groups excluding carboxylic acids is 1. The topological polar surface area (TPSA) is 61.4 Å². The van der Waals surface area contributed by atoms with E-state index in [1.54, 1.807) is 0 Å². The van der Waals surface area contributed by atoms with Gasteiger partial charge in [0.15, 0.2) is 5.13 Å². The monoisotopic (exact) mass is 383 g/mol. The number of amides is 2. The summed E-state index contributed by atoms with van der Waals surface area (Å²) in [4.78, 5) is 25.6. The maximum atomic E-state index is 12.5. The van der Waals surface area contributed by atoms with Gasteiger partial charge in [-0.3, -0.25) is 5.32 Å². The molecule has 1 N–H and O–H groups in total. The van der Waals surface area contributed by atoms with Crippen LogP contribution in [0.15, 0.2) is 41.9 Å². The van der Waals surface area contributed by atoms with Crippen LogP contribution in [-0.4, -0.2) is 47.1 Å². The summed E-state index contributed by atoms with van der Waals surface area (Å²) in [6.45, 7) is 7.02. The maximum Gasteiger partial charge on any atom is 0.323 e. The molecule has 2 amide bonds. The number of hydrogen-bond donors (Lipinski definition) is 1. The Morgan fingerprint density at radius 3 is 2.85 bits per heavy atom. The van der Waals surface area contributed by atoms with E-state index in [4.69, 9.17) is 0 Å². The van der Waals surface area contributed by atoms with Crippen molar-refractivity contribution in [1.29, 1.82) is 0 Å². The number of rotatable bonds is 5. The molecule has 0 aromatic carbocycles. The highest BCUT2D eigenvalue weighted by molar-refractivity contribution is 7.14. The van der Waals surface area contributed by atoms with Crippen LogP contribution in [0.4, 0.5) is 15.7 Å².